The summed E-state index contributed by atoms with van der Waals surface area (Å²) in [6.07, 6.45) is -2.77. The third kappa shape index (κ3) is 3.06. The van der Waals surface area contributed by atoms with E-state index in [2.05, 4.69) is 10.3 Å². The lowest BCUT2D eigenvalue weighted by Gasteiger charge is -2.06. The summed E-state index contributed by atoms with van der Waals surface area (Å²) in [6, 6.07) is 13.5. The van der Waals surface area contributed by atoms with Crippen molar-refractivity contribution in [2.75, 3.05) is 0 Å². The summed E-state index contributed by atoms with van der Waals surface area (Å²) in [4.78, 5) is 0. The van der Waals surface area contributed by atoms with Gasteiger partial charge in [-0.25, -0.2) is 4.68 Å². The molecule has 3 aromatic rings. The molecule has 0 saturated carbocycles. The van der Waals surface area contributed by atoms with Crippen LogP contribution in [0, 0.1) is 11.3 Å². The van der Waals surface area contributed by atoms with Crippen LogP contribution in [0.3, 0.4) is 0 Å². The first-order valence-electron chi connectivity index (χ1n) is 6.58. The van der Waals surface area contributed by atoms with E-state index in [9.17, 15) is 13.2 Å². The SMILES string of the molecule is N#Cc1cccc(-n2cc(-c3ccc(C(F)(F)F)cc3)nn2)c1. The monoisotopic (exact) mass is 314 g/mol. The summed E-state index contributed by atoms with van der Waals surface area (Å²) < 4.78 is 39.1. The highest BCUT2D eigenvalue weighted by Crippen LogP contribution is 2.30. The molecule has 0 atom stereocenters. The van der Waals surface area contributed by atoms with Crippen molar-refractivity contribution in [2.24, 2.45) is 0 Å². The molecule has 0 N–H and O–H groups in total. The Labute approximate surface area is 129 Å². The van der Waals surface area contributed by atoms with Crippen molar-refractivity contribution in [3.8, 4) is 23.0 Å². The van der Waals surface area contributed by atoms with Crippen LogP contribution in [0.5, 0.6) is 0 Å². The van der Waals surface area contributed by atoms with E-state index in [1.807, 2.05) is 6.07 Å². The molecule has 0 saturated heterocycles. The molecule has 0 unspecified atom stereocenters. The molecule has 1 aromatic heterocycles. The molecule has 4 nitrogen and oxygen atoms in total. The van der Waals surface area contributed by atoms with Crippen molar-refractivity contribution in [3.63, 3.8) is 0 Å². The zero-order chi connectivity index (χ0) is 16.4. The van der Waals surface area contributed by atoms with Gasteiger partial charge in [0.25, 0.3) is 0 Å². The van der Waals surface area contributed by atoms with E-state index < -0.39 is 11.7 Å². The van der Waals surface area contributed by atoms with Gasteiger partial charge in [0.1, 0.15) is 5.69 Å². The van der Waals surface area contributed by atoms with Crippen LogP contribution in [0.4, 0.5) is 13.2 Å². The minimum Gasteiger partial charge on any atom is -0.220 e. The summed E-state index contributed by atoms with van der Waals surface area (Å²) >= 11 is 0. The van der Waals surface area contributed by atoms with Crippen LogP contribution in [0.25, 0.3) is 16.9 Å². The molecule has 2 aromatic carbocycles. The fraction of sp³-hybridized carbons (Fsp3) is 0.0625. The van der Waals surface area contributed by atoms with Gasteiger partial charge < -0.3 is 0 Å². The maximum absolute atomic E-state index is 12.6. The first-order valence-corrected chi connectivity index (χ1v) is 6.58. The molecular formula is C16H9F3N4. The van der Waals surface area contributed by atoms with Gasteiger partial charge in [0.2, 0.25) is 0 Å². The number of benzene rings is 2. The summed E-state index contributed by atoms with van der Waals surface area (Å²) in [5, 5.41) is 16.8. The lowest BCUT2D eigenvalue weighted by molar-refractivity contribution is -0.137. The van der Waals surface area contributed by atoms with Crippen molar-refractivity contribution in [1.82, 2.24) is 15.0 Å². The van der Waals surface area contributed by atoms with E-state index in [1.54, 1.807) is 30.5 Å². The second-order valence-corrected chi connectivity index (χ2v) is 4.79. The highest BCUT2D eigenvalue weighted by atomic mass is 19.4. The molecule has 1 heterocycles. The maximum atomic E-state index is 12.6. The summed E-state index contributed by atoms with van der Waals surface area (Å²) in [6.45, 7) is 0. The van der Waals surface area contributed by atoms with Crippen molar-refractivity contribution >= 4 is 0 Å². The number of hydrogen-bond donors (Lipinski definition) is 0. The Balaban J connectivity index is 1.91. The van der Waals surface area contributed by atoms with Gasteiger partial charge in [0.05, 0.1) is 29.1 Å². The van der Waals surface area contributed by atoms with Gasteiger partial charge in [-0.15, -0.1) is 5.10 Å². The zero-order valence-electron chi connectivity index (χ0n) is 11.6. The van der Waals surface area contributed by atoms with Crippen LogP contribution < -0.4 is 0 Å². The molecule has 7 heteroatoms. The normalized spacial score (nSPS) is 11.2. The summed E-state index contributed by atoms with van der Waals surface area (Å²) in [5.41, 5.74) is 1.39. The first kappa shape index (κ1) is 14.8. The lowest BCUT2D eigenvalue weighted by Crippen LogP contribution is -2.03. The van der Waals surface area contributed by atoms with Gasteiger partial charge in [-0.3, -0.25) is 0 Å². The Hall–Kier alpha value is -3.14. The smallest absolute Gasteiger partial charge is 0.220 e. The fourth-order valence-electron chi connectivity index (χ4n) is 2.07. The Kier molecular flexibility index (Phi) is 3.58. The molecule has 0 fully saturated rings. The minimum absolute atomic E-state index is 0.445. The van der Waals surface area contributed by atoms with E-state index >= 15 is 0 Å². The Morgan fingerprint density at radius 1 is 1.04 bits per heavy atom. The van der Waals surface area contributed by atoms with Gasteiger partial charge >= 0.3 is 6.18 Å². The number of nitrogens with zero attached hydrogens (tertiary/aromatic N) is 4. The Morgan fingerprint density at radius 2 is 1.78 bits per heavy atom. The van der Waals surface area contributed by atoms with Crippen LogP contribution >= 0.6 is 0 Å². The average Bonchev–Trinajstić information content (AvgIpc) is 3.04. The molecule has 0 bridgehead atoms. The molecule has 0 spiro atoms. The zero-order valence-corrected chi connectivity index (χ0v) is 11.6. The predicted molar refractivity (Wildman–Crippen MR) is 76.5 cm³/mol. The molecule has 0 aliphatic heterocycles. The Morgan fingerprint density at radius 3 is 2.43 bits per heavy atom. The lowest BCUT2D eigenvalue weighted by atomic mass is 10.1. The van der Waals surface area contributed by atoms with Crippen LogP contribution in [0.2, 0.25) is 0 Å². The topological polar surface area (TPSA) is 54.5 Å². The molecule has 0 aliphatic rings. The summed E-state index contributed by atoms with van der Waals surface area (Å²) in [7, 11) is 0. The number of nitriles is 1. The molecule has 114 valence electrons. The standard InChI is InChI=1S/C16H9F3N4/c17-16(18,19)13-6-4-12(5-7-13)15-10-23(22-21-15)14-3-1-2-11(8-14)9-20/h1-8,10H. The highest BCUT2D eigenvalue weighted by molar-refractivity contribution is 5.59. The van der Waals surface area contributed by atoms with Crippen molar-refractivity contribution < 1.29 is 13.2 Å². The third-order valence-electron chi connectivity index (χ3n) is 3.24. The van der Waals surface area contributed by atoms with Crippen molar-refractivity contribution in [2.45, 2.75) is 6.18 Å². The number of aromatic nitrogens is 3. The number of alkyl halides is 3. The van der Waals surface area contributed by atoms with E-state index in [0.29, 0.717) is 22.5 Å². The number of rotatable bonds is 2. The van der Waals surface area contributed by atoms with E-state index in [1.165, 1.54) is 16.8 Å². The fourth-order valence-corrected chi connectivity index (χ4v) is 2.07. The highest BCUT2D eigenvalue weighted by Gasteiger charge is 2.30. The molecule has 0 radical (unpaired) electrons. The predicted octanol–water partition coefficient (Wildman–Crippen LogP) is 3.82. The van der Waals surface area contributed by atoms with Crippen LogP contribution in [0.15, 0.2) is 54.7 Å². The largest absolute Gasteiger partial charge is 0.416 e. The van der Waals surface area contributed by atoms with E-state index in [-0.39, 0.29) is 0 Å². The molecular weight excluding hydrogens is 305 g/mol. The van der Waals surface area contributed by atoms with Gasteiger partial charge in [-0.05, 0) is 30.3 Å². The van der Waals surface area contributed by atoms with Crippen molar-refractivity contribution in [3.05, 3.63) is 65.9 Å². The second-order valence-electron chi connectivity index (χ2n) is 4.79. The van der Waals surface area contributed by atoms with Gasteiger partial charge in [-0.2, -0.15) is 18.4 Å². The molecule has 0 aliphatic carbocycles. The molecule has 23 heavy (non-hydrogen) atoms. The van der Waals surface area contributed by atoms with Gasteiger partial charge in [-0.1, -0.05) is 23.4 Å². The second kappa shape index (κ2) is 5.57. The quantitative estimate of drug-likeness (QED) is 0.722. The summed E-state index contributed by atoms with van der Waals surface area (Å²) in [5.74, 6) is 0. The van der Waals surface area contributed by atoms with Crippen LogP contribution in [0.1, 0.15) is 11.1 Å². The average molecular weight is 314 g/mol. The van der Waals surface area contributed by atoms with Gasteiger partial charge in [0, 0.05) is 5.56 Å². The number of halogens is 3. The molecule has 0 amide bonds. The number of hydrogen-bond acceptors (Lipinski definition) is 3. The van der Waals surface area contributed by atoms with Crippen molar-refractivity contribution in [1.29, 1.82) is 5.26 Å². The molecule has 3 rings (SSSR count). The third-order valence-corrected chi connectivity index (χ3v) is 3.24. The van der Waals surface area contributed by atoms with Gasteiger partial charge in [0.15, 0.2) is 0 Å². The minimum atomic E-state index is -4.37. The van der Waals surface area contributed by atoms with Crippen LogP contribution in [-0.4, -0.2) is 15.0 Å². The van der Waals surface area contributed by atoms with E-state index in [4.69, 9.17) is 5.26 Å². The van der Waals surface area contributed by atoms with E-state index in [0.717, 1.165) is 12.1 Å². The Bertz CT molecular complexity index is 873. The maximum Gasteiger partial charge on any atom is 0.416 e. The van der Waals surface area contributed by atoms with Crippen LogP contribution in [-0.2, 0) is 6.18 Å². The first-order chi connectivity index (χ1) is 11.0.